The van der Waals surface area contributed by atoms with Crippen molar-refractivity contribution in [2.75, 3.05) is 19.9 Å². The van der Waals surface area contributed by atoms with Gasteiger partial charge in [-0.1, -0.05) is 35.5 Å². The van der Waals surface area contributed by atoms with Gasteiger partial charge in [0.25, 0.3) is 0 Å². The van der Waals surface area contributed by atoms with Crippen molar-refractivity contribution < 1.29 is 9.13 Å². The quantitative estimate of drug-likeness (QED) is 0.717. The number of aromatic nitrogens is 3. The van der Waals surface area contributed by atoms with E-state index in [1.807, 2.05) is 36.5 Å². The minimum Gasteiger partial charge on any atom is -0.377 e. The van der Waals surface area contributed by atoms with Gasteiger partial charge >= 0.3 is 0 Å². The highest BCUT2D eigenvalue weighted by molar-refractivity contribution is 5.56. The molecule has 2 rings (SSSR count). The van der Waals surface area contributed by atoms with Gasteiger partial charge in [0.05, 0.1) is 26.0 Å². The van der Waals surface area contributed by atoms with Crippen LogP contribution in [0.15, 0.2) is 36.5 Å². The van der Waals surface area contributed by atoms with Gasteiger partial charge in [0.2, 0.25) is 0 Å². The Hall–Kier alpha value is -1.75. The van der Waals surface area contributed by atoms with E-state index in [2.05, 4.69) is 10.3 Å². The van der Waals surface area contributed by atoms with Crippen LogP contribution in [0.25, 0.3) is 11.3 Å². The molecule has 17 heavy (non-hydrogen) atoms. The Balaban J connectivity index is 1.92. The molecule has 0 bridgehead atoms. The maximum Gasteiger partial charge on any atom is 0.113 e. The van der Waals surface area contributed by atoms with Crippen LogP contribution in [0, 0.1) is 0 Å². The number of hydrogen-bond donors (Lipinski definition) is 0. The summed E-state index contributed by atoms with van der Waals surface area (Å²) in [5, 5.41) is 8.05. The highest BCUT2D eigenvalue weighted by atomic mass is 18.2. The van der Waals surface area contributed by atoms with Gasteiger partial charge in [-0.3, -0.25) is 0 Å². The molecular weight excluding hydrogens is 220 g/mol. The second kappa shape index (κ2) is 6.10. The highest BCUT2D eigenvalue weighted by Crippen LogP contribution is 2.14. The molecule has 1 heterocycles. The van der Waals surface area contributed by atoms with Crippen molar-refractivity contribution in [2.45, 2.75) is 6.54 Å². The van der Waals surface area contributed by atoms with Crippen LogP contribution in [-0.4, -0.2) is 34.9 Å². The Morgan fingerprint density at radius 2 is 2.00 bits per heavy atom. The zero-order valence-corrected chi connectivity index (χ0v) is 9.42. The fraction of sp³-hybridized carbons (Fsp3) is 0.333. The van der Waals surface area contributed by atoms with Crippen molar-refractivity contribution in [3.8, 4) is 11.3 Å². The third-order valence-corrected chi connectivity index (χ3v) is 2.29. The number of halogens is 1. The molecule has 0 fully saturated rings. The van der Waals surface area contributed by atoms with Crippen molar-refractivity contribution >= 4 is 0 Å². The lowest BCUT2D eigenvalue weighted by molar-refractivity contribution is 0.109. The minimum atomic E-state index is -0.452. The van der Waals surface area contributed by atoms with Crippen LogP contribution in [0.5, 0.6) is 0 Å². The fourth-order valence-electron chi connectivity index (χ4n) is 1.46. The molecule has 4 nitrogen and oxygen atoms in total. The van der Waals surface area contributed by atoms with Crippen molar-refractivity contribution in [1.82, 2.24) is 15.0 Å². The van der Waals surface area contributed by atoms with E-state index in [1.54, 1.807) is 4.68 Å². The zero-order chi connectivity index (χ0) is 11.9. The van der Waals surface area contributed by atoms with Crippen molar-refractivity contribution in [2.24, 2.45) is 0 Å². The van der Waals surface area contributed by atoms with Crippen LogP contribution in [0.3, 0.4) is 0 Å². The fourth-order valence-corrected chi connectivity index (χ4v) is 1.46. The summed E-state index contributed by atoms with van der Waals surface area (Å²) in [7, 11) is 0. The summed E-state index contributed by atoms with van der Waals surface area (Å²) in [5.74, 6) is 0. The summed E-state index contributed by atoms with van der Waals surface area (Å²) >= 11 is 0. The van der Waals surface area contributed by atoms with E-state index in [4.69, 9.17) is 4.74 Å². The molecular formula is C12H14FN3O. The highest BCUT2D eigenvalue weighted by Gasteiger charge is 2.02. The van der Waals surface area contributed by atoms with Gasteiger partial charge in [0.1, 0.15) is 12.4 Å². The Morgan fingerprint density at radius 1 is 1.18 bits per heavy atom. The molecule has 0 aliphatic heterocycles. The monoisotopic (exact) mass is 234 g/mol. The summed E-state index contributed by atoms with van der Waals surface area (Å²) in [4.78, 5) is 0. The first-order valence-electron chi connectivity index (χ1n) is 5.49. The van der Waals surface area contributed by atoms with Gasteiger partial charge < -0.3 is 4.74 Å². The maximum absolute atomic E-state index is 11.8. The number of rotatable bonds is 6. The third-order valence-electron chi connectivity index (χ3n) is 2.29. The largest absolute Gasteiger partial charge is 0.377 e. The Labute approximate surface area is 99.0 Å². The summed E-state index contributed by atoms with van der Waals surface area (Å²) < 4.78 is 18.5. The molecule has 0 radical (unpaired) electrons. The Morgan fingerprint density at radius 3 is 2.76 bits per heavy atom. The maximum atomic E-state index is 11.8. The molecule has 5 heteroatoms. The average Bonchev–Trinajstić information content (AvgIpc) is 2.85. The topological polar surface area (TPSA) is 39.9 Å². The van der Waals surface area contributed by atoms with Crippen LogP contribution in [0.2, 0.25) is 0 Å². The molecule has 0 saturated carbocycles. The van der Waals surface area contributed by atoms with Gasteiger partial charge in [-0.2, -0.15) is 0 Å². The SMILES string of the molecule is [18F]CCOCCn1cc(-c2ccccc2)nn1. The first-order valence-corrected chi connectivity index (χ1v) is 5.49. The van der Waals surface area contributed by atoms with Crippen LogP contribution >= 0.6 is 0 Å². The molecule has 0 atom stereocenters. The molecule has 1 aromatic heterocycles. The molecule has 0 aliphatic carbocycles. The lowest BCUT2D eigenvalue weighted by atomic mass is 10.2. The number of hydrogen-bond acceptors (Lipinski definition) is 3. The molecule has 0 saturated heterocycles. The number of alkyl halides is 1. The molecule has 0 N–H and O–H groups in total. The third kappa shape index (κ3) is 3.35. The average molecular weight is 234 g/mol. The van der Waals surface area contributed by atoms with Crippen molar-refractivity contribution in [3.05, 3.63) is 36.5 Å². The van der Waals surface area contributed by atoms with Gasteiger partial charge in [-0.25, -0.2) is 9.07 Å². The first kappa shape index (κ1) is 11.7. The molecule has 0 unspecified atom stereocenters. The zero-order valence-electron chi connectivity index (χ0n) is 9.42. The molecule has 90 valence electrons. The van der Waals surface area contributed by atoms with Crippen molar-refractivity contribution in [3.63, 3.8) is 0 Å². The van der Waals surface area contributed by atoms with E-state index in [-0.39, 0.29) is 6.61 Å². The van der Waals surface area contributed by atoms with E-state index in [1.165, 1.54) is 0 Å². The number of nitrogens with zero attached hydrogens (tertiary/aromatic N) is 3. The second-order valence-corrected chi connectivity index (χ2v) is 3.53. The van der Waals surface area contributed by atoms with Gasteiger partial charge in [-0.15, -0.1) is 5.10 Å². The predicted molar refractivity (Wildman–Crippen MR) is 62.3 cm³/mol. The summed E-state index contributed by atoms with van der Waals surface area (Å²) in [5.41, 5.74) is 1.86. The Kier molecular flexibility index (Phi) is 4.21. The molecule has 0 aliphatic rings. The van der Waals surface area contributed by atoms with E-state index < -0.39 is 6.67 Å². The van der Waals surface area contributed by atoms with Crippen molar-refractivity contribution in [1.29, 1.82) is 0 Å². The van der Waals surface area contributed by atoms with E-state index in [0.29, 0.717) is 13.2 Å². The summed E-state index contributed by atoms with van der Waals surface area (Å²) in [6.07, 6.45) is 1.86. The van der Waals surface area contributed by atoms with Gasteiger partial charge in [-0.05, 0) is 0 Å². The smallest absolute Gasteiger partial charge is 0.113 e. The van der Waals surface area contributed by atoms with Crippen LogP contribution in [-0.2, 0) is 11.3 Å². The van der Waals surface area contributed by atoms with Crippen LogP contribution in [0.4, 0.5) is 4.39 Å². The summed E-state index contributed by atoms with van der Waals surface area (Å²) in [6, 6.07) is 9.83. The molecule has 1 aromatic carbocycles. The number of ether oxygens (including phenoxy) is 1. The van der Waals surface area contributed by atoms with Crippen LogP contribution < -0.4 is 0 Å². The van der Waals surface area contributed by atoms with Crippen LogP contribution in [0.1, 0.15) is 0 Å². The van der Waals surface area contributed by atoms with E-state index in [9.17, 15) is 4.39 Å². The standard InChI is InChI=1S/C12H14FN3O/c13-6-8-17-9-7-16-10-12(14-15-16)11-4-2-1-3-5-11/h1-5,10H,6-9H2/i13-1. The normalized spacial score (nSPS) is 10.6. The molecule has 0 spiro atoms. The van der Waals surface area contributed by atoms with E-state index >= 15 is 0 Å². The molecule has 0 amide bonds. The lowest BCUT2D eigenvalue weighted by Gasteiger charge is -2.00. The lowest BCUT2D eigenvalue weighted by Crippen LogP contribution is -2.07. The van der Waals surface area contributed by atoms with Gasteiger partial charge in [0, 0.05) is 5.56 Å². The summed E-state index contributed by atoms with van der Waals surface area (Å²) in [6.45, 7) is 0.716. The first-order chi connectivity index (χ1) is 8.40. The second-order valence-electron chi connectivity index (χ2n) is 3.53. The van der Waals surface area contributed by atoms with Gasteiger partial charge in [0.15, 0.2) is 0 Å². The number of benzene rings is 1. The predicted octanol–water partition coefficient (Wildman–Crippen LogP) is 1.93. The minimum absolute atomic E-state index is 0.139. The Bertz CT molecular complexity index is 444. The molecule has 2 aromatic rings. The van der Waals surface area contributed by atoms with E-state index in [0.717, 1.165) is 11.3 Å².